The lowest BCUT2D eigenvalue weighted by Crippen LogP contribution is -2.46. The van der Waals surface area contributed by atoms with Gasteiger partial charge in [-0.3, -0.25) is 4.79 Å². The molecule has 2 aromatic carbocycles. The number of carbonyl (C=O) groups is 1. The van der Waals surface area contributed by atoms with Gasteiger partial charge in [-0.1, -0.05) is 0 Å². The molecule has 1 N–H and O–H groups in total. The van der Waals surface area contributed by atoms with Crippen LogP contribution in [0.3, 0.4) is 0 Å². The molecule has 6 nitrogen and oxygen atoms in total. The minimum atomic E-state index is -0.218. The first kappa shape index (κ1) is 18.9. The maximum absolute atomic E-state index is 13.1. The van der Waals surface area contributed by atoms with E-state index in [1.807, 2.05) is 30.3 Å². The van der Waals surface area contributed by atoms with Crippen molar-refractivity contribution in [3.8, 4) is 0 Å². The number of rotatable bonds is 5. The number of benzene rings is 2. The molecule has 0 saturated carbocycles. The fourth-order valence-electron chi connectivity index (χ4n) is 3.35. The van der Waals surface area contributed by atoms with Crippen LogP contribution in [0.15, 0.2) is 60.8 Å². The number of hydrogen-bond donors (Lipinski definition) is 1. The van der Waals surface area contributed by atoms with Crippen molar-refractivity contribution >= 4 is 28.9 Å². The number of anilines is 4. The fourth-order valence-corrected chi connectivity index (χ4v) is 3.35. The first-order chi connectivity index (χ1) is 14.1. The van der Waals surface area contributed by atoms with Gasteiger partial charge in [-0.25, -0.2) is 9.37 Å². The zero-order valence-electron chi connectivity index (χ0n) is 16.2. The molecule has 0 amide bonds. The standard InChI is InChI=1S/C22H22FN5O/c1-16(29)17-2-6-19(7-3-17)25-22-24-11-10-21(26-22)28-14-12-27(13-15-28)20-8-4-18(23)5-9-20/h2-11H,12-15H2,1H3,(H,24,25,26). The Morgan fingerprint density at radius 1 is 0.931 bits per heavy atom. The number of carbonyl (C=O) groups excluding carboxylic acids is 1. The van der Waals surface area contributed by atoms with Gasteiger partial charge in [0.2, 0.25) is 5.95 Å². The molecule has 0 bridgehead atoms. The van der Waals surface area contributed by atoms with Crippen LogP contribution in [0.2, 0.25) is 0 Å². The fraction of sp³-hybridized carbons (Fsp3) is 0.227. The molecular weight excluding hydrogens is 369 g/mol. The third-order valence-corrected chi connectivity index (χ3v) is 4.98. The maximum Gasteiger partial charge on any atom is 0.229 e. The van der Waals surface area contributed by atoms with E-state index in [0.717, 1.165) is 43.4 Å². The van der Waals surface area contributed by atoms with Crippen LogP contribution in [0.4, 0.5) is 27.5 Å². The third kappa shape index (κ3) is 4.51. The molecule has 1 aromatic heterocycles. The lowest BCUT2D eigenvalue weighted by atomic mass is 10.1. The molecule has 4 rings (SSSR count). The van der Waals surface area contributed by atoms with Gasteiger partial charge in [0.15, 0.2) is 5.78 Å². The Balaban J connectivity index is 1.40. The van der Waals surface area contributed by atoms with E-state index in [1.165, 1.54) is 12.1 Å². The minimum absolute atomic E-state index is 0.0366. The molecule has 148 valence electrons. The summed E-state index contributed by atoms with van der Waals surface area (Å²) < 4.78 is 13.1. The van der Waals surface area contributed by atoms with Gasteiger partial charge in [0.25, 0.3) is 0 Å². The summed E-state index contributed by atoms with van der Waals surface area (Å²) in [5.41, 5.74) is 2.53. The van der Waals surface area contributed by atoms with E-state index in [4.69, 9.17) is 0 Å². The van der Waals surface area contributed by atoms with Crippen LogP contribution in [0, 0.1) is 5.82 Å². The molecule has 0 atom stereocenters. The Kier molecular flexibility index (Phi) is 5.37. The Hall–Kier alpha value is -3.48. The van der Waals surface area contributed by atoms with Gasteiger partial charge >= 0.3 is 0 Å². The second-order valence-corrected chi connectivity index (χ2v) is 6.95. The molecule has 0 radical (unpaired) electrons. The quantitative estimate of drug-likeness (QED) is 0.666. The zero-order valence-corrected chi connectivity index (χ0v) is 16.2. The Bertz CT molecular complexity index is 983. The van der Waals surface area contributed by atoms with Crippen LogP contribution < -0.4 is 15.1 Å². The maximum atomic E-state index is 13.1. The lowest BCUT2D eigenvalue weighted by Gasteiger charge is -2.36. The van der Waals surface area contributed by atoms with Gasteiger partial charge in [-0.15, -0.1) is 0 Å². The molecule has 1 saturated heterocycles. The Labute approximate surface area is 169 Å². The van der Waals surface area contributed by atoms with E-state index in [9.17, 15) is 9.18 Å². The first-order valence-electron chi connectivity index (χ1n) is 9.55. The zero-order chi connectivity index (χ0) is 20.2. The SMILES string of the molecule is CC(=O)c1ccc(Nc2nccc(N3CCN(c4ccc(F)cc4)CC3)n2)cc1. The van der Waals surface area contributed by atoms with Crippen molar-refractivity contribution < 1.29 is 9.18 Å². The summed E-state index contributed by atoms with van der Waals surface area (Å²) in [5, 5.41) is 3.18. The molecule has 1 aliphatic rings. The van der Waals surface area contributed by atoms with Crippen LogP contribution in [-0.4, -0.2) is 41.9 Å². The van der Waals surface area contributed by atoms with Crippen LogP contribution in [0.1, 0.15) is 17.3 Å². The number of halogens is 1. The monoisotopic (exact) mass is 391 g/mol. The first-order valence-corrected chi connectivity index (χ1v) is 9.55. The van der Waals surface area contributed by atoms with Crippen LogP contribution in [0.5, 0.6) is 0 Å². The van der Waals surface area contributed by atoms with Gasteiger partial charge in [-0.05, 0) is 61.5 Å². The number of hydrogen-bond acceptors (Lipinski definition) is 6. The van der Waals surface area contributed by atoms with Gasteiger partial charge in [0.1, 0.15) is 11.6 Å². The highest BCUT2D eigenvalue weighted by molar-refractivity contribution is 5.94. The average Bonchev–Trinajstić information content (AvgIpc) is 2.75. The van der Waals surface area contributed by atoms with Crippen molar-refractivity contribution in [2.75, 3.05) is 41.3 Å². The van der Waals surface area contributed by atoms with Crippen molar-refractivity contribution in [2.45, 2.75) is 6.92 Å². The van der Waals surface area contributed by atoms with E-state index in [-0.39, 0.29) is 11.6 Å². The lowest BCUT2D eigenvalue weighted by molar-refractivity contribution is 0.101. The average molecular weight is 391 g/mol. The summed E-state index contributed by atoms with van der Waals surface area (Å²) >= 11 is 0. The summed E-state index contributed by atoms with van der Waals surface area (Å²) in [7, 11) is 0. The number of ketones is 1. The summed E-state index contributed by atoms with van der Waals surface area (Å²) in [6.07, 6.45) is 1.74. The molecule has 0 aliphatic carbocycles. The molecule has 0 spiro atoms. The molecule has 3 aromatic rings. The molecular formula is C22H22FN5O. The van der Waals surface area contributed by atoms with Crippen molar-refractivity contribution in [3.63, 3.8) is 0 Å². The highest BCUT2D eigenvalue weighted by atomic mass is 19.1. The van der Waals surface area contributed by atoms with E-state index in [1.54, 1.807) is 25.3 Å². The van der Waals surface area contributed by atoms with Gasteiger partial charge in [0, 0.05) is 49.3 Å². The topological polar surface area (TPSA) is 61.4 Å². The second kappa shape index (κ2) is 8.26. The molecule has 0 unspecified atom stereocenters. The van der Waals surface area contributed by atoms with E-state index in [0.29, 0.717) is 11.5 Å². The van der Waals surface area contributed by atoms with Crippen molar-refractivity contribution in [2.24, 2.45) is 0 Å². The second-order valence-electron chi connectivity index (χ2n) is 6.95. The van der Waals surface area contributed by atoms with E-state index < -0.39 is 0 Å². The summed E-state index contributed by atoms with van der Waals surface area (Å²) in [6.45, 7) is 4.86. The van der Waals surface area contributed by atoms with Gasteiger partial charge in [-0.2, -0.15) is 4.98 Å². The van der Waals surface area contributed by atoms with Crippen molar-refractivity contribution in [1.29, 1.82) is 0 Å². The highest BCUT2D eigenvalue weighted by Crippen LogP contribution is 2.21. The normalized spacial score (nSPS) is 14.0. The molecule has 1 fully saturated rings. The molecule has 7 heteroatoms. The summed E-state index contributed by atoms with van der Waals surface area (Å²) in [5.74, 6) is 1.19. The number of Topliss-reactive ketones (excluding diaryl/α,β-unsaturated/α-hetero) is 1. The smallest absolute Gasteiger partial charge is 0.229 e. The minimum Gasteiger partial charge on any atom is -0.368 e. The largest absolute Gasteiger partial charge is 0.368 e. The Morgan fingerprint density at radius 2 is 1.59 bits per heavy atom. The molecule has 1 aliphatic heterocycles. The highest BCUT2D eigenvalue weighted by Gasteiger charge is 2.19. The summed E-state index contributed by atoms with van der Waals surface area (Å²) in [4.78, 5) is 24.8. The van der Waals surface area contributed by atoms with E-state index >= 15 is 0 Å². The predicted molar refractivity (Wildman–Crippen MR) is 113 cm³/mol. The Morgan fingerprint density at radius 3 is 2.24 bits per heavy atom. The van der Waals surface area contributed by atoms with Crippen LogP contribution >= 0.6 is 0 Å². The third-order valence-electron chi connectivity index (χ3n) is 4.98. The van der Waals surface area contributed by atoms with Crippen LogP contribution in [0.25, 0.3) is 0 Å². The number of nitrogens with zero attached hydrogens (tertiary/aromatic N) is 4. The van der Waals surface area contributed by atoms with Crippen LogP contribution in [-0.2, 0) is 0 Å². The molecule has 2 heterocycles. The number of nitrogens with one attached hydrogen (secondary N) is 1. The van der Waals surface area contributed by atoms with Crippen molar-refractivity contribution in [3.05, 3.63) is 72.2 Å². The predicted octanol–water partition coefficient (Wildman–Crippen LogP) is 3.89. The summed E-state index contributed by atoms with van der Waals surface area (Å²) in [6, 6.07) is 15.8. The van der Waals surface area contributed by atoms with Gasteiger partial charge in [0.05, 0.1) is 0 Å². The van der Waals surface area contributed by atoms with E-state index in [2.05, 4.69) is 25.1 Å². The number of aromatic nitrogens is 2. The van der Waals surface area contributed by atoms with Crippen molar-refractivity contribution in [1.82, 2.24) is 9.97 Å². The van der Waals surface area contributed by atoms with Gasteiger partial charge < -0.3 is 15.1 Å². The number of piperazine rings is 1. The molecule has 29 heavy (non-hydrogen) atoms.